The van der Waals surface area contributed by atoms with Crippen molar-refractivity contribution in [3.63, 3.8) is 0 Å². The Labute approximate surface area is 115 Å². The van der Waals surface area contributed by atoms with Crippen LogP contribution in [0.3, 0.4) is 0 Å². The van der Waals surface area contributed by atoms with Gasteiger partial charge in [0, 0.05) is 24.4 Å². The SMILES string of the molecule is CCN(C(=O)c1ccc(F)cc1F)c1cccc(O)c1. The molecule has 5 heteroatoms. The van der Waals surface area contributed by atoms with Gasteiger partial charge in [0.2, 0.25) is 0 Å². The van der Waals surface area contributed by atoms with Crippen molar-refractivity contribution in [1.29, 1.82) is 0 Å². The summed E-state index contributed by atoms with van der Waals surface area (Å²) in [5.74, 6) is -2.23. The van der Waals surface area contributed by atoms with Gasteiger partial charge in [-0.25, -0.2) is 8.78 Å². The lowest BCUT2D eigenvalue weighted by molar-refractivity contribution is 0.0984. The van der Waals surface area contributed by atoms with Gasteiger partial charge in [0.05, 0.1) is 5.56 Å². The predicted molar refractivity (Wildman–Crippen MR) is 71.8 cm³/mol. The average Bonchev–Trinajstić information content (AvgIpc) is 2.39. The molecule has 0 fully saturated rings. The summed E-state index contributed by atoms with van der Waals surface area (Å²) >= 11 is 0. The molecule has 0 unspecified atom stereocenters. The minimum atomic E-state index is -0.909. The first-order valence-corrected chi connectivity index (χ1v) is 6.09. The number of carbonyl (C=O) groups excluding carboxylic acids is 1. The molecule has 1 N–H and O–H groups in total. The minimum absolute atomic E-state index is 0.00771. The van der Waals surface area contributed by atoms with Crippen molar-refractivity contribution in [1.82, 2.24) is 0 Å². The molecule has 2 rings (SSSR count). The van der Waals surface area contributed by atoms with Crippen molar-refractivity contribution in [3.05, 3.63) is 59.7 Å². The second-order valence-electron chi connectivity index (χ2n) is 4.19. The van der Waals surface area contributed by atoms with Gasteiger partial charge in [-0.05, 0) is 31.2 Å². The first-order chi connectivity index (χ1) is 9.52. The van der Waals surface area contributed by atoms with E-state index in [0.29, 0.717) is 18.3 Å². The third kappa shape index (κ3) is 2.77. The number of anilines is 1. The zero-order valence-electron chi connectivity index (χ0n) is 10.8. The molecule has 0 heterocycles. The van der Waals surface area contributed by atoms with Crippen molar-refractivity contribution in [2.24, 2.45) is 0 Å². The number of halogens is 2. The average molecular weight is 277 g/mol. The second kappa shape index (κ2) is 5.69. The predicted octanol–water partition coefficient (Wildman–Crippen LogP) is 3.34. The largest absolute Gasteiger partial charge is 0.508 e. The molecule has 0 spiro atoms. The van der Waals surface area contributed by atoms with E-state index in [1.807, 2.05) is 0 Å². The van der Waals surface area contributed by atoms with Crippen molar-refractivity contribution < 1.29 is 18.7 Å². The van der Waals surface area contributed by atoms with E-state index in [0.717, 1.165) is 12.1 Å². The van der Waals surface area contributed by atoms with Crippen molar-refractivity contribution in [2.75, 3.05) is 11.4 Å². The van der Waals surface area contributed by atoms with Crippen LogP contribution in [0.4, 0.5) is 14.5 Å². The van der Waals surface area contributed by atoms with E-state index in [2.05, 4.69) is 0 Å². The molecule has 1 amide bonds. The fourth-order valence-electron chi connectivity index (χ4n) is 1.91. The number of phenols is 1. The van der Waals surface area contributed by atoms with Gasteiger partial charge in [0.1, 0.15) is 17.4 Å². The van der Waals surface area contributed by atoms with Crippen LogP contribution in [-0.4, -0.2) is 17.6 Å². The van der Waals surface area contributed by atoms with Crippen LogP contribution in [-0.2, 0) is 0 Å². The fourth-order valence-corrected chi connectivity index (χ4v) is 1.91. The number of carbonyl (C=O) groups is 1. The van der Waals surface area contributed by atoms with Crippen LogP contribution in [0.2, 0.25) is 0 Å². The van der Waals surface area contributed by atoms with Crippen molar-refractivity contribution >= 4 is 11.6 Å². The van der Waals surface area contributed by atoms with Crippen LogP contribution in [0.1, 0.15) is 17.3 Å². The molecule has 0 bridgehead atoms. The number of phenolic OH excluding ortho intramolecular Hbond substituents is 1. The van der Waals surface area contributed by atoms with Crippen LogP contribution in [0, 0.1) is 11.6 Å². The van der Waals surface area contributed by atoms with Crippen LogP contribution in [0.25, 0.3) is 0 Å². The minimum Gasteiger partial charge on any atom is -0.508 e. The summed E-state index contributed by atoms with van der Waals surface area (Å²) in [6.45, 7) is 2.02. The van der Waals surface area contributed by atoms with E-state index >= 15 is 0 Å². The van der Waals surface area contributed by atoms with E-state index in [9.17, 15) is 18.7 Å². The van der Waals surface area contributed by atoms with Gasteiger partial charge in [-0.3, -0.25) is 4.79 Å². The monoisotopic (exact) mass is 277 g/mol. The summed E-state index contributed by atoms with van der Waals surface area (Å²) in [4.78, 5) is 13.6. The van der Waals surface area contributed by atoms with E-state index in [-0.39, 0.29) is 11.3 Å². The molecule has 0 saturated carbocycles. The van der Waals surface area contributed by atoms with E-state index in [4.69, 9.17) is 0 Å². The van der Waals surface area contributed by atoms with Gasteiger partial charge >= 0.3 is 0 Å². The smallest absolute Gasteiger partial charge is 0.261 e. The highest BCUT2D eigenvalue weighted by Crippen LogP contribution is 2.22. The Morgan fingerprint density at radius 2 is 1.95 bits per heavy atom. The molecule has 2 aromatic carbocycles. The summed E-state index contributed by atoms with van der Waals surface area (Å²) in [6, 6.07) is 8.90. The maximum Gasteiger partial charge on any atom is 0.261 e. The standard InChI is InChI=1S/C15H13F2NO2/c1-2-18(11-4-3-5-12(19)9-11)15(20)13-7-6-10(16)8-14(13)17/h3-9,19H,2H2,1H3. The van der Waals surface area contributed by atoms with Gasteiger partial charge in [-0.2, -0.15) is 0 Å². The summed E-state index contributed by atoms with van der Waals surface area (Å²) in [7, 11) is 0. The first-order valence-electron chi connectivity index (χ1n) is 6.09. The molecular weight excluding hydrogens is 264 g/mol. The number of hydrogen-bond acceptors (Lipinski definition) is 2. The first kappa shape index (κ1) is 14.0. The molecule has 0 aliphatic heterocycles. The van der Waals surface area contributed by atoms with Crippen LogP contribution in [0.5, 0.6) is 5.75 Å². The van der Waals surface area contributed by atoms with Crippen molar-refractivity contribution in [2.45, 2.75) is 6.92 Å². The molecule has 104 valence electrons. The molecule has 2 aromatic rings. The number of rotatable bonds is 3. The number of amides is 1. The van der Waals surface area contributed by atoms with Gasteiger partial charge < -0.3 is 10.0 Å². The van der Waals surface area contributed by atoms with E-state index in [1.165, 1.54) is 17.0 Å². The summed E-state index contributed by atoms with van der Waals surface area (Å²) < 4.78 is 26.5. The number of aromatic hydroxyl groups is 1. The summed E-state index contributed by atoms with van der Waals surface area (Å²) in [5.41, 5.74) is 0.234. The molecule has 0 saturated heterocycles. The Morgan fingerprint density at radius 3 is 2.55 bits per heavy atom. The molecular formula is C15H13F2NO2. The third-order valence-electron chi connectivity index (χ3n) is 2.86. The molecule has 0 aliphatic rings. The molecule has 0 radical (unpaired) electrons. The summed E-state index contributed by atoms with van der Waals surface area (Å²) in [6.07, 6.45) is 0. The highest BCUT2D eigenvalue weighted by Gasteiger charge is 2.20. The van der Waals surface area contributed by atoms with Crippen molar-refractivity contribution in [3.8, 4) is 5.75 Å². The Hall–Kier alpha value is -2.43. The molecule has 0 aliphatic carbocycles. The topological polar surface area (TPSA) is 40.5 Å². The van der Waals surface area contributed by atoms with Gasteiger partial charge in [-0.1, -0.05) is 6.07 Å². The normalized spacial score (nSPS) is 10.3. The molecule has 0 atom stereocenters. The number of hydrogen-bond donors (Lipinski definition) is 1. The Bertz CT molecular complexity index is 644. The van der Waals surface area contributed by atoms with E-state index in [1.54, 1.807) is 19.1 Å². The van der Waals surface area contributed by atoms with E-state index < -0.39 is 17.5 Å². The zero-order chi connectivity index (χ0) is 14.7. The fraction of sp³-hybridized carbons (Fsp3) is 0.133. The number of benzene rings is 2. The van der Waals surface area contributed by atoms with Gasteiger partial charge in [0.15, 0.2) is 0 Å². The van der Waals surface area contributed by atoms with Crippen LogP contribution < -0.4 is 4.90 Å². The lowest BCUT2D eigenvalue weighted by Crippen LogP contribution is -2.31. The van der Waals surface area contributed by atoms with Gasteiger partial charge in [-0.15, -0.1) is 0 Å². The lowest BCUT2D eigenvalue weighted by Gasteiger charge is -2.21. The zero-order valence-corrected chi connectivity index (χ0v) is 10.8. The Balaban J connectivity index is 2.39. The quantitative estimate of drug-likeness (QED) is 0.934. The lowest BCUT2D eigenvalue weighted by atomic mass is 10.1. The molecule has 0 aromatic heterocycles. The van der Waals surface area contributed by atoms with Crippen LogP contribution >= 0.6 is 0 Å². The second-order valence-corrected chi connectivity index (χ2v) is 4.19. The highest BCUT2D eigenvalue weighted by atomic mass is 19.1. The number of nitrogens with zero attached hydrogens (tertiary/aromatic N) is 1. The maximum absolute atomic E-state index is 13.7. The molecule has 20 heavy (non-hydrogen) atoms. The highest BCUT2D eigenvalue weighted by molar-refractivity contribution is 6.06. The third-order valence-corrected chi connectivity index (χ3v) is 2.86. The molecule has 3 nitrogen and oxygen atoms in total. The Kier molecular flexibility index (Phi) is 3.98. The summed E-state index contributed by atoms with van der Waals surface area (Å²) in [5, 5.41) is 9.44. The van der Waals surface area contributed by atoms with Crippen LogP contribution in [0.15, 0.2) is 42.5 Å². The Morgan fingerprint density at radius 1 is 1.20 bits per heavy atom. The maximum atomic E-state index is 13.7. The van der Waals surface area contributed by atoms with Gasteiger partial charge in [0.25, 0.3) is 5.91 Å².